The number of hydrogen-bond donors (Lipinski definition) is 2. The first-order valence-corrected chi connectivity index (χ1v) is 6.79. The number of rotatable bonds is 5. The van der Waals surface area contributed by atoms with Gasteiger partial charge in [0.05, 0.1) is 6.10 Å². The fraction of sp³-hybridized carbons (Fsp3) is 0.533. The molecule has 0 saturated heterocycles. The number of aliphatic carboxylic acids is 1. The van der Waals surface area contributed by atoms with Gasteiger partial charge < -0.3 is 9.84 Å². The van der Waals surface area contributed by atoms with Gasteiger partial charge in [-0.25, -0.2) is 0 Å². The van der Waals surface area contributed by atoms with Gasteiger partial charge in [0, 0.05) is 13.2 Å². The van der Waals surface area contributed by atoms with E-state index in [1.54, 1.807) is 7.11 Å². The lowest BCUT2D eigenvalue weighted by Crippen LogP contribution is -2.46. The monoisotopic (exact) mass is 263 g/mol. The van der Waals surface area contributed by atoms with Gasteiger partial charge in [-0.05, 0) is 18.4 Å². The molecule has 2 rings (SSSR count). The van der Waals surface area contributed by atoms with Crippen LogP contribution in [0.2, 0.25) is 0 Å². The fourth-order valence-corrected chi connectivity index (χ4v) is 2.74. The van der Waals surface area contributed by atoms with Crippen molar-refractivity contribution in [1.29, 1.82) is 0 Å². The minimum atomic E-state index is -0.841. The first-order chi connectivity index (χ1) is 9.22. The minimum absolute atomic E-state index is 0.110. The zero-order valence-electron chi connectivity index (χ0n) is 11.2. The molecular weight excluding hydrogens is 242 g/mol. The van der Waals surface area contributed by atoms with Crippen molar-refractivity contribution in [2.24, 2.45) is 0 Å². The van der Waals surface area contributed by atoms with E-state index in [4.69, 9.17) is 4.74 Å². The molecule has 3 atom stereocenters. The summed E-state index contributed by atoms with van der Waals surface area (Å²) < 4.78 is 5.46. The highest BCUT2D eigenvalue weighted by Gasteiger charge is 2.30. The standard InChI is InChI=1S/C15H21NO3/c1-19-13-10-6-5-9-12(13)16-14(15(17)18)11-7-3-2-4-8-11/h2-4,7-8,12-14,16H,5-6,9-10H2,1H3,(H,17,18). The lowest BCUT2D eigenvalue weighted by atomic mass is 9.91. The van der Waals surface area contributed by atoms with E-state index in [0.29, 0.717) is 0 Å². The third-order valence-corrected chi connectivity index (χ3v) is 3.77. The molecule has 19 heavy (non-hydrogen) atoms. The zero-order chi connectivity index (χ0) is 13.7. The van der Waals surface area contributed by atoms with Gasteiger partial charge in [0.1, 0.15) is 6.04 Å². The molecule has 0 radical (unpaired) electrons. The molecule has 1 saturated carbocycles. The van der Waals surface area contributed by atoms with Gasteiger partial charge in [-0.15, -0.1) is 0 Å². The van der Waals surface area contributed by atoms with Crippen LogP contribution in [0.5, 0.6) is 0 Å². The number of nitrogens with one attached hydrogen (secondary N) is 1. The van der Waals surface area contributed by atoms with Crippen molar-refractivity contribution in [3.63, 3.8) is 0 Å². The van der Waals surface area contributed by atoms with E-state index in [-0.39, 0.29) is 12.1 Å². The molecule has 0 aromatic heterocycles. The van der Waals surface area contributed by atoms with Crippen LogP contribution in [0.25, 0.3) is 0 Å². The summed E-state index contributed by atoms with van der Waals surface area (Å²) in [5.74, 6) is -0.841. The van der Waals surface area contributed by atoms with Crippen molar-refractivity contribution in [1.82, 2.24) is 5.32 Å². The highest BCUT2D eigenvalue weighted by molar-refractivity contribution is 5.75. The molecule has 0 spiro atoms. The molecular formula is C15H21NO3. The number of carboxylic acid groups (broad SMARTS) is 1. The van der Waals surface area contributed by atoms with Crippen LogP contribution < -0.4 is 5.32 Å². The fourth-order valence-electron chi connectivity index (χ4n) is 2.74. The molecule has 1 fully saturated rings. The van der Waals surface area contributed by atoms with E-state index < -0.39 is 12.0 Å². The van der Waals surface area contributed by atoms with E-state index in [1.165, 1.54) is 0 Å². The maximum Gasteiger partial charge on any atom is 0.325 e. The predicted molar refractivity (Wildman–Crippen MR) is 73.0 cm³/mol. The molecule has 104 valence electrons. The Kier molecular flexibility index (Phi) is 4.93. The summed E-state index contributed by atoms with van der Waals surface area (Å²) in [5.41, 5.74) is 0.787. The summed E-state index contributed by atoms with van der Waals surface area (Å²) in [6.07, 6.45) is 4.35. The van der Waals surface area contributed by atoms with E-state index in [0.717, 1.165) is 31.2 Å². The first kappa shape index (κ1) is 14.0. The molecule has 3 unspecified atom stereocenters. The Hall–Kier alpha value is -1.39. The maximum atomic E-state index is 11.5. The van der Waals surface area contributed by atoms with Crippen LogP contribution in [0, 0.1) is 0 Å². The van der Waals surface area contributed by atoms with Gasteiger partial charge in [-0.3, -0.25) is 10.1 Å². The molecule has 0 heterocycles. The third-order valence-electron chi connectivity index (χ3n) is 3.77. The Morgan fingerprint density at radius 3 is 2.63 bits per heavy atom. The Labute approximate surface area is 113 Å². The van der Waals surface area contributed by atoms with Gasteiger partial charge in [-0.1, -0.05) is 43.2 Å². The average molecular weight is 263 g/mol. The number of hydrogen-bond acceptors (Lipinski definition) is 3. The summed E-state index contributed by atoms with van der Waals surface area (Å²) in [5, 5.41) is 12.7. The summed E-state index contributed by atoms with van der Waals surface area (Å²) in [4.78, 5) is 11.5. The zero-order valence-corrected chi connectivity index (χ0v) is 11.2. The van der Waals surface area contributed by atoms with E-state index >= 15 is 0 Å². The minimum Gasteiger partial charge on any atom is -0.480 e. The third kappa shape index (κ3) is 3.55. The summed E-state index contributed by atoms with van der Waals surface area (Å²) >= 11 is 0. The van der Waals surface area contributed by atoms with Crippen LogP contribution >= 0.6 is 0 Å². The molecule has 1 aromatic rings. The quantitative estimate of drug-likeness (QED) is 0.856. The van der Waals surface area contributed by atoms with Gasteiger partial charge in [-0.2, -0.15) is 0 Å². The van der Waals surface area contributed by atoms with Gasteiger partial charge in [0.25, 0.3) is 0 Å². The molecule has 0 amide bonds. The largest absolute Gasteiger partial charge is 0.480 e. The lowest BCUT2D eigenvalue weighted by molar-refractivity contribution is -0.140. The number of carboxylic acids is 1. The average Bonchev–Trinajstić information content (AvgIpc) is 2.45. The normalized spacial score (nSPS) is 24.9. The van der Waals surface area contributed by atoms with Crippen LogP contribution in [0.15, 0.2) is 30.3 Å². The highest BCUT2D eigenvalue weighted by atomic mass is 16.5. The SMILES string of the molecule is COC1CCCCC1NC(C(=O)O)c1ccccc1. The summed E-state index contributed by atoms with van der Waals surface area (Å²) in [7, 11) is 1.70. The molecule has 4 nitrogen and oxygen atoms in total. The second-order valence-electron chi connectivity index (χ2n) is 5.01. The molecule has 4 heteroatoms. The first-order valence-electron chi connectivity index (χ1n) is 6.79. The highest BCUT2D eigenvalue weighted by Crippen LogP contribution is 2.24. The molecule has 1 aromatic carbocycles. The molecule has 2 N–H and O–H groups in total. The van der Waals surface area contributed by atoms with Crippen LogP contribution in [0.1, 0.15) is 37.3 Å². The lowest BCUT2D eigenvalue weighted by Gasteiger charge is -2.33. The Bertz CT molecular complexity index is 407. The van der Waals surface area contributed by atoms with Crippen molar-refractivity contribution in [2.75, 3.05) is 7.11 Å². The number of ether oxygens (including phenoxy) is 1. The van der Waals surface area contributed by atoms with Gasteiger partial charge in [0.2, 0.25) is 0 Å². The molecule has 0 aliphatic heterocycles. The Morgan fingerprint density at radius 1 is 1.32 bits per heavy atom. The van der Waals surface area contributed by atoms with E-state index in [9.17, 15) is 9.90 Å². The summed E-state index contributed by atoms with van der Waals surface area (Å²) in [6.45, 7) is 0. The van der Waals surface area contributed by atoms with Crippen molar-refractivity contribution < 1.29 is 14.6 Å². The molecule has 0 bridgehead atoms. The number of methoxy groups -OCH3 is 1. The van der Waals surface area contributed by atoms with Crippen LogP contribution in [-0.2, 0) is 9.53 Å². The van der Waals surface area contributed by atoms with Gasteiger partial charge in [0.15, 0.2) is 0 Å². The van der Waals surface area contributed by atoms with Crippen molar-refractivity contribution in [3.8, 4) is 0 Å². The van der Waals surface area contributed by atoms with E-state index in [1.807, 2.05) is 30.3 Å². The second-order valence-corrected chi connectivity index (χ2v) is 5.01. The van der Waals surface area contributed by atoms with E-state index in [2.05, 4.69) is 5.32 Å². The van der Waals surface area contributed by atoms with Crippen molar-refractivity contribution in [3.05, 3.63) is 35.9 Å². The topological polar surface area (TPSA) is 58.6 Å². The van der Waals surface area contributed by atoms with Crippen LogP contribution in [-0.4, -0.2) is 30.3 Å². The smallest absolute Gasteiger partial charge is 0.325 e. The Morgan fingerprint density at radius 2 is 2.00 bits per heavy atom. The maximum absolute atomic E-state index is 11.5. The van der Waals surface area contributed by atoms with Crippen molar-refractivity contribution >= 4 is 5.97 Å². The Balaban J connectivity index is 2.10. The molecule has 1 aliphatic rings. The second kappa shape index (κ2) is 6.68. The number of carbonyl (C=O) groups is 1. The number of benzene rings is 1. The van der Waals surface area contributed by atoms with Crippen LogP contribution in [0.3, 0.4) is 0 Å². The molecule has 1 aliphatic carbocycles. The van der Waals surface area contributed by atoms with Gasteiger partial charge >= 0.3 is 5.97 Å². The van der Waals surface area contributed by atoms with Crippen LogP contribution in [0.4, 0.5) is 0 Å². The summed E-state index contributed by atoms with van der Waals surface area (Å²) in [6, 6.07) is 8.75. The predicted octanol–water partition coefficient (Wildman–Crippen LogP) is 2.36. The van der Waals surface area contributed by atoms with Crippen molar-refractivity contribution in [2.45, 2.75) is 43.9 Å².